The smallest absolute Gasteiger partial charge is 0.333 e. The number of hydrogen-bond donors (Lipinski definition) is 2. The van der Waals surface area contributed by atoms with Crippen molar-refractivity contribution in [3.63, 3.8) is 0 Å². The molecule has 0 radical (unpaired) electrons. The van der Waals surface area contributed by atoms with Gasteiger partial charge in [0.15, 0.2) is 5.78 Å². The lowest BCUT2D eigenvalue weighted by atomic mass is 10.1. The lowest BCUT2D eigenvalue weighted by molar-refractivity contribution is 0.101. The lowest BCUT2D eigenvalue weighted by Crippen LogP contribution is -2.22. The number of imidazole rings is 1. The number of benzene rings is 1. The number of rotatable bonds is 7. The van der Waals surface area contributed by atoms with Crippen molar-refractivity contribution in [1.29, 1.82) is 0 Å². The SMILES string of the molecule is CC(=O)c1ccc2c(c1)n(C)c(=O)n2-c1ccc(N[C@H]2CC[C@H](Nc3ncc(C4CC4)nn3)C2)nc1. The van der Waals surface area contributed by atoms with E-state index in [1.165, 1.54) is 19.8 Å². The zero-order valence-corrected chi connectivity index (χ0v) is 20.3. The van der Waals surface area contributed by atoms with E-state index < -0.39 is 0 Å². The van der Waals surface area contributed by atoms with E-state index in [-0.39, 0.29) is 23.6 Å². The Balaban J connectivity index is 1.12. The number of pyridine rings is 1. The van der Waals surface area contributed by atoms with Gasteiger partial charge < -0.3 is 10.6 Å². The van der Waals surface area contributed by atoms with Crippen LogP contribution in [0.4, 0.5) is 11.8 Å². The van der Waals surface area contributed by atoms with Crippen molar-refractivity contribution in [2.45, 2.75) is 57.0 Å². The van der Waals surface area contributed by atoms with Gasteiger partial charge in [-0.25, -0.2) is 14.8 Å². The van der Waals surface area contributed by atoms with Crippen molar-refractivity contribution < 1.29 is 4.79 Å². The molecule has 184 valence electrons. The minimum Gasteiger partial charge on any atom is -0.367 e. The van der Waals surface area contributed by atoms with E-state index in [9.17, 15) is 9.59 Å². The molecule has 0 unspecified atom stereocenters. The molecule has 10 heteroatoms. The lowest BCUT2D eigenvalue weighted by Gasteiger charge is -2.15. The molecule has 0 spiro atoms. The first kappa shape index (κ1) is 22.4. The van der Waals surface area contributed by atoms with Crippen LogP contribution in [0.5, 0.6) is 0 Å². The number of aromatic nitrogens is 6. The maximum absolute atomic E-state index is 13.0. The van der Waals surface area contributed by atoms with E-state index in [1.807, 2.05) is 24.4 Å². The zero-order valence-electron chi connectivity index (χ0n) is 20.3. The van der Waals surface area contributed by atoms with Crippen LogP contribution in [0.3, 0.4) is 0 Å². The molecule has 2 N–H and O–H groups in total. The predicted octanol–water partition coefficient (Wildman–Crippen LogP) is 3.43. The predicted molar refractivity (Wildman–Crippen MR) is 137 cm³/mol. The van der Waals surface area contributed by atoms with Crippen LogP contribution in [-0.4, -0.2) is 47.2 Å². The first-order valence-electron chi connectivity index (χ1n) is 12.4. The molecule has 36 heavy (non-hydrogen) atoms. The molecular weight excluding hydrogens is 456 g/mol. The Morgan fingerprint density at radius 1 is 0.944 bits per heavy atom. The average Bonchev–Trinajstić information content (AvgIpc) is 3.60. The maximum atomic E-state index is 13.0. The largest absolute Gasteiger partial charge is 0.367 e. The van der Waals surface area contributed by atoms with Gasteiger partial charge in [0.1, 0.15) is 5.82 Å². The molecule has 6 rings (SSSR count). The van der Waals surface area contributed by atoms with Gasteiger partial charge in [0, 0.05) is 30.6 Å². The summed E-state index contributed by atoms with van der Waals surface area (Å²) in [5.74, 6) is 1.87. The molecule has 2 fully saturated rings. The molecule has 0 amide bonds. The Morgan fingerprint density at radius 3 is 2.42 bits per heavy atom. The molecule has 2 saturated carbocycles. The molecule has 0 saturated heterocycles. The van der Waals surface area contributed by atoms with Crippen molar-refractivity contribution in [3.8, 4) is 5.69 Å². The van der Waals surface area contributed by atoms with Crippen molar-refractivity contribution in [2.75, 3.05) is 10.6 Å². The molecule has 2 aliphatic carbocycles. The van der Waals surface area contributed by atoms with Crippen LogP contribution < -0.4 is 16.3 Å². The summed E-state index contributed by atoms with van der Waals surface area (Å²) in [5.41, 5.74) is 3.52. The number of carbonyl (C=O) groups is 1. The van der Waals surface area contributed by atoms with Crippen LogP contribution >= 0.6 is 0 Å². The van der Waals surface area contributed by atoms with Gasteiger partial charge in [0.25, 0.3) is 0 Å². The molecule has 0 bridgehead atoms. The third-order valence-electron chi connectivity index (χ3n) is 7.16. The number of fused-ring (bicyclic) bond motifs is 1. The van der Waals surface area contributed by atoms with E-state index >= 15 is 0 Å². The molecular formula is C26H28N8O2. The maximum Gasteiger partial charge on any atom is 0.333 e. The quantitative estimate of drug-likeness (QED) is 0.383. The summed E-state index contributed by atoms with van der Waals surface area (Å²) in [5, 5.41) is 15.5. The summed E-state index contributed by atoms with van der Waals surface area (Å²) >= 11 is 0. The normalized spacial score (nSPS) is 19.5. The van der Waals surface area contributed by atoms with Crippen molar-refractivity contribution in [2.24, 2.45) is 7.05 Å². The highest BCUT2D eigenvalue weighted by molar-refractivity contribution is 5.97. The van der Waals surface area contributed by atoms with Gasteiger partial charge >= 0.3 is 5.69 Å². The molecule has 2 aliphatic rings. The van der Waals surface area contributed by atoms with Crippen LogP contribution in [0, 0.1) is 0 Å². The fraction of sp³-hybridized carbons (Fsp3) is 0.385. The average molecular weight is 485 g/mol. The third kappa shape index (κ3) is 4.23. The third-order valence-corrected chi connectivity index (χ3v) is 7.16. The summed E-state index contributed by atoms with van der Waals surface area (Å²) in [6.45, 7) is 1.52. The van der Waals surface area contributed by atoms with Crippen molar-refractivity contribution in [3.05, 3.63) is 64.5 Å². The van der Waals surface area contributed by atoms with Gasteiger partial charge in [0.05, 0.1) is 34.8 Å². The van der Waals surface area contributed by atoms with Gasteiger partial charge in [0.2, 0.25) is 5.95 Å². The second-order valence-electron chi connectivity index (χ2n) is 9.81. The number of nitrogens with zero attached hydrogens (tertiary/aromatic N) is 6. The summed E-state index contributed by atoms with van der Waals surface area (Å²) in [7, 11) is 1.71. The summed E-state index contributed by atoms with van der Waals surface area (Å²) in [6, 6.07) is 9.66. The van der Waals surface area contributed by atoms with E-state index in [1.54, 1.807) is 34.5 Å². The number of hydrogen-bond acceptors (Lipinski definition) is 8. The zero-order chi connectivity index (χ0) is 24.8. The molecule has 3 heterocycles. The fourth-order valence-electron chi connectivity index (χ4n) is 4.96. The number of Topliss-reactive ketones (excluding diaryl/α,β-unsaturated/α-hetero) is 1. The highest BCUT2D eigenvalue weighted by Gasteiger charge is 2.27. The second-order valence-corrected chi connectivity index (χ2v) is 9.81. The second kappa shape index (κ2) is 8.85. The molecule has 3 aromatic heterocycles. The topological polar surface area (TPSA) is 120 Å². The first-order chi connectivity index (χ1) is 17.5. The van der Waals surface area contributed by atoms with Crippen LogP contribution in [0.1, 0.15) is 61.0 Å². The molecule has 1 aromatic carbocycles. The van der Waals surface area contributed by atoms with Crippen LogP contribution in [0.15, 0.2) is 47.5 Å². The van der Waals surface area contributed by atoms with Gasteiger partial charge in [-0.05, 0) is 69.4 Å². The Labute approximate surface area is 207 Å². The van der Waals surface area contributed by atoms with Gasteiger partial charge in [-0.15, -0.1) is 10.2 Å². The highest BCUT2D eigenvalue weighted by Crippen LogP contribution is 2.38. The number of nitrogens with one attached hydrogen (secondary N) is 2. The van der Waals surface area contributed by atoms with Crippen molar-refractivity contribution >= 4 is 28.6 Å². The van der Waals surface area contributed by atoms with E-state index in [4.69, 9.17) is 0 Å². The minimum atomic E-state index is -0.181. The van der Waals surface area contributed by atoms with E-state index in [2.05, 4.69) is 30.8 Å². The summed E-state index contributed by atoms with van der Waals surface area (Å²) < 4.78 is 3.17. The van der Waals surface area contributed by atoms with Gasteiger partial charge in [-0.1, -0.05) is 0 Å². The van der Waals surface area contributed by atoms with Crippen LogP contribution in [0.25, 0.3) is 16.7 Å². The van der Waals surface area contributed by atoms with Gasteiger partial charge in [-0.2, -0.15) is 0 Å². The summed E-state index contributed by atoms with van der Waals surface area (Å²) in [6.07, 6.45) is 8.87. The molecule has 0 aliphatic heterocycles. The van der Waals surface area contributed by atoms with Crippen LogP contribution in [0.2, 0.25) is 0 Å². The molecule has 10 nitrogen and oxygen atoms in total. The van der Waals surface area contributed by atoms with E-state index in [0.717, 1.165) is 36.3 Å². The fourth-order valence-corrected chi connectivity index (χ4v) is 4.96. The minimum absolute atomic E-state index is 0.0331. The molecule has 4 aromatic rings. The Morgan fingerprint density at radius 2 is 1.75 bits per heavy atom. The monoisotopic (exact) mass is 484 g/mol. The number of ketones is 1. The number of carbonyl (C=O) groups excluding carboxylic acids is 1. The van der Waals surface area contributed by atoms with Gasteiger partial charge in [-0.3, -0.25) is 13.9 Å². The summed E-state index contributed by atoms with van der Waals surface area (Å²) in [4.78, 5) is 33.7. The molecule has 2 atom stereocenters. The Hall–Kier alpha value is -4.08. The number of anilines is 2. The number of aryl methyl sites for hydroxylation is 1. The van der Waals surface area contributed by atoms with Crippen LogP contribution in [-0.2, 0) is 7.05 Å². The van der Waals surface area contributed by atoms with Crippen molar-refractivity contribution in [1.82, 2.24) is 29.3 Å². The first-order valence-corrected chi connectivity index (χ1v) is 12.4. The Kier molecular flexibility index (Phi) is 5.50. The highest BCUT2D eigenvalue weighted by atomic mass is 16.1. The standard InChI is InChI=1S/C26H28N8O2/c1-15(35)17-5-9-22-23(11-17)33(2)26(36)34(22)20-8-10-24(27-13-20)29-18-6-7-19(12-18)30-25-28-14-21(31-32-25)16-3-4-16/h5,8-11,13-14,16,18-19H,3-4,6-7,12H2,1-2H3,(H,27,29)(H,28,30,32)/t18-,19-/m0/s1. The Bertz CT molecular complexity index is 1490. The van der Waals surface area contributed by atoms with E-state index in [0.29, 0.717) is 28.6 Å².